The highest BCUT2D eigenvalue weighted by molar-refractivity contribution is 6.01. The third kappa shape index (κ3) is 5.58. The van der Waals surface area contributed by atoms with E-state index >= 15 is 0 Å². The average Bonchev–Trinajstić information content (AvgIpc) is 2.91. The summed E-state index contributed by atoms with van der Waals surface area (Å²) in [5, 5.41) is 12.2. The Labute approximate surface area is 256 Å². The van der Waals surface area contributed by atoms with Crippen molar-refractivity contribution in [3.05, 3.63) is 23.3 Å². The standard InChI is InChI=1S/C35H48N2O6/c1-31(2,3)43-30(41)37-19-28(40)42-20-35-11-9-23-29(24(35)17-32(4,5)12-13-35)26(39)15-27-33(23,6)10-8-22-14-25(38)21(18-36)16-34(22,27)7/h15-16,22-24,29H,8-14,17,19-20H2,1-7H3,(H,37,41). The molecule has 0 aliphatic heterocycles. The number of nitriles is 1. The van der Waals surface area contributed by atoms with Crippen molar-refractivity contribution in [1.29, 1.82) is 5.26 Å². The molecule has 7 unspecified atom stereocenters. The Morgan fingerprint density at radius 2 is 1.77 bits per heavy atom. The maximum absolute atomic E-state index is 14.3. The molecule has 234 valence electrons. The predicted molar refractivity (Wildman–Crippen MR) is 160 cm³/mol. The highest BCUT2D eigenvalue weighted by atomic mass is 16.6. The third-order valence-electron chi connectivity index (χ3n) is 11.8. The van der Waals surface area contributed by atoms with E-state index < -0.39 is 23.1 Å². The molecule has 3 saturated carbocycles. The number of allylic oxidation sites excluding steroid dienone is 4. The van der Waals surface area contributed by atoms with Crippen molar-refractivity contribution >= 4 is 23.6 Å². The topological polar surface area (TPSA) is 123 Å². The molecular weight excluding hydrogens is 544 g/mol. The summed E-state index contributed by atoms with van der Waals surface area (Å²) in [4.78, 5) is 51.7. The molecule has 5 rings (SSSR count). The number of hydrogen-bond donors (Lipinski definition) is 1. The molecule has 43 heavy (non-hydrogen) atoms. The van der Waals surface area contributed by atoms with Crippen molar-refractivity contribution in [3.63, 3.8) is 0 Å². The van der Waals surface area contributed by atoms with Crippen LogP contribution in [0.4, 0.5) is 4.79 Å². The van der Waals surface area contributed by atoms with Crippen LogP contribution in [0.5, 0.6) is 0 Å². The van der Waals surface area contributed by atoms with Gasteiger partial charge in [-0.15, -0.1) is 0 Å². The van der Waals surface area contributed by atoms with Crippen molar-refractivity contribution in [1.82, 2.24) is 5.32 Å². The van der Waals surface area contributed by atoms with E-state index in [2.05, 4.69) is 39.1 Å². The smallest absolute Gasteiger partial charge is 0.408 e. The SMILES string of the molecule is CC1(C)CCC2(COC(=O)CNC(=O)OC(C)(C)C)CCC3C(C(=O)C=C4C5(C)C=C(C#N)C(=O)CC5CCC43C)C2C1. The molecule has 0 bridgehead atoms. The number of fused-ring (bicyclic) bond motifs is 7. The fourth-order valence-electron chi connectivity index (χ4n) is 9.51. The van der Waals surface area contributed by atoms with Crippen LogP contribution >= 0.6 is 0 Å². The molecule has 0 aromatic carbocycles. The minimum Gasteiger partial charge on any atom is -0.464 e. The van der Waals surface area contributed by atoms with Gasteiger partial charge in [-0.1, -0.05) is 39.3 Å². The van der Waals surface area contributed by atoms with Crippen molar-refractivity contribution in [3.8, 4) is 6.07 Å². The Bertz CT molecular complexity index is 1330. The van der Waals surface area contributed by atoms with Gasteiger partial charge in [-0.3, -0.25) is 14.4 Å². The van der Waals surface area contributed by atoms with Crippen molar-refractivity contribution in [2.45, 2.75) is 105 Å². The average molecular weight is 593 g/mol. The van der Waals surface area contributed by atoms with Gasteiger partial charge in [0, 0.05) is 23.2 Å². The number of carbonyl (C=O) groups excluding carboxylic acids is 4. The summed E-state index contributed by atoms with van der Waals surface area (Å²) in [5.74, 6) is -0.271. The van der Waals surface area contributed by atoms with Crippen LogP contribution in [-0.2, 0) is 23.9 Å². The third-order valence-corrected chi connectivity index (χ3v) is 11.8. The number of nitrogens with zero attached hydrogens (tertiary/aromatic N) is 1. The normalized spacial score (nSPS) is 38.1. The van der Waals surface area contributed by atoms with E-state index in [1.54, 1.807) is 20.8 Å². The minimum absolute atomic E-state index is 0.0708. The first-order chi connectivity index (χ1) is 19.9. The Morgan fingerprint density at radius 1 is 1.05 bits per heavy atom. The van der Waals surface area contributed by atoms with Crippen molar-refractivity contribution in [2.75, 3.05) is 13.2 Å². The molecule has 3 fully saturated rings. The van der Waals surface area contributed by atoms with E-state index in [4.69, 9.17) is 9.47 Å². The van der Waals surface area contributed by atoms with Gasteiger partial charge in [0.2, 0.25) is 0 Å². The second-order valence-corrected chi connectivity index (χ2v) is 16.2. The van der Waals surface area contributed by atoms with Gasteiger partial charge < -0.3 is 14.8 Å². The summed E-state index contributed by atoms with van der Waals surface area (Å²) in [6, 6.07) is 2.11. The molecule has 1 N–H and O–H groups in total. The van der Waals surface area contributed by atoms with Gasteiger partial charge in [0.15, 0.2) is 11.6 Å². The van der Waals surface area contributed by atoms with E-state index in [0.717, 1.165) is 50.5 Å². The van der Waals surface area contributed by atoms with Gasteiger partial charge in [0.05, 0.1) is 12.2 Å². The van der Waals surface area contributed by atoms with Gasteiger partial charge in [0.1, 0.15) is 18.2 Å². The highest BCUT2D eigenvalue weighted by Crippen LogP contribution is 2.69. The number of Topliss-reactive ketones (excluding diaryl/α,β-unsaturated/α-hetero) is 1. The molecule has 0 heterocycles. The lowest BCUT2D eigenvalue weighted by atomic mass is 9.40. The van der Waals surface area contributed by atoms with Gasteiger partial charge in [0.25, 0.3) is 0 Å². The molecule has 0 radical (unpaired) electrons. The molecule has 7 atom stereocenters. The predicted octanol–water partition coefficient (Wildman–Crippen LogP) is 6.25. The van der Waals surface area contributed by atoms with Crippen LogP contribution < -0.4 is 5.32 Å². The van der Waals surface area contributed by atoms with Crippen LogP contribution in [0.15, 0.2) is 23.3 Å². The summed E-state index contributed by atoms with van der Waals surface area (Å²) in [5.41, 5.74) is -0.247. The number of ether oxygens (including phenoxy) is 2. The zero-order chi connectivity index (χ0) is 31.6. The molecule has 0 aromatic rings. The van der Waals surface area contributed by atoms with Crippen LogP contribution in [0.25, 0.3) is 0 Å². The monoisotopic (exact) mass is 592 g/mol. The van der Waals surface area contributed by atoms with Crippen LogP contribution in [-0.4, -0.2) is 42.4 Å². The molecule has 0 saturated heterocycles. The van der Waals surface area contributed by atoms with E-state index in [9.17, 15) is 24.4 Å². The molecule has 8 nitrogen and oxygen atoms in total. The van der Waals surface area contributed by atoms with Gasteiger partial charge >= 0.3 is 12.1 Å². The van der Waals surface area contributed by atoms with Gasteiger partial charge in [-0.25, -0.2) is 4.79 Å². The summed E-state index contributed by atoms with van der Waals surface area (Å²) in [6.45, 7) is 14.2. The zero-order valence-corrected chi connectivity index (χ0v) is 26.9. The lowest BCUT2D eigenvalue weighted by Gasteiger charge is -2.64. The lowest BCUT2D eigenvalue weighted by Crippen LogP contribution is -2.60. The fourth-order valence-corrected chi connectivity index (χ4v) is 9.51. The number of carbonyl (C=O) groups is 4. The summed E-state index contributed by atoms with van der Waals surface area (Å²) in [7, 11) is 0. The minimum atomic E-state index is -0.662. The molecular formula is C35H48N2O6. The second-order valence-electron chi connectivity index (χ2n) is 16.2. The molecule has 0 aromatic heterocycles. The Morgan fingerprint density at radius 3 is 2.44 bits per heavy atom. The number of nitrogens with one attached hydrogen (secondary N) is 1. The summed E-state index contributed by atoms with van der Waals surface area (Å²) in [6.07, 6.45) is 9.78. The van der Waals surface area contributed by atoms with Crippen LogP contribution in [0, 0.1) is 56.7 Å². The number of amides is 1. The van der Waals surface area contributed by atoms with E-state index in [0.29, 0.717) is 6.42 Å². The van der Waals surface area contributed by atoms with E-state index in [-0.39, 0.29) is 70.2 Å². The second kappa shape index (κ2) is 10.6. The molecule has 5 aliphatic carbocycles. The van der Waals surface area contributed by atoms with Crippen molar-refractivity contribution in [2.24, 2.45) is 45.3 Å². The highest BCUT2D eigenvalue weighted by Gasteiger charge is 2.64. The Hall–Kier alpha value is -2.95. The fraction of sp³-hybridized carbons (Fsp3) is 0.743. The van der Waals surface area contributed by atoms with E-state index in [1.165, 1.54) is 0 Å². The van der Waals surface area contributed by atoms with Gasteiger partial charge in [-0.05, 0) is 100 Å². The van der Waals surface area contributed by atoms with Crippen LogP contribution in [0.3, 0.4) is 0 Å². The lowest BCUT2D eigenvalue weighted by molar-refractivity contribution is -0.165. The van der Waals surface area contributed by atoms with Crippen LogP contribution in [0.2, 0.25) is 0 Å². The molecule has 8 heteroatoms. The van der Waals surface area contributed by atoms with E-state index in [1.807, 2.05) is 12.2 Å². The summed E-state index contributed by atoms with van der Waals surface area (Å²) >= 11 is 0. The number of esters is 1. The van der Waals surface area contributed by atoms with Crippen molar-refractivity contribution < 1.29 is 28.7 Å². The maximum Gasteiger partial charge on any atom is 0.408 e. The number of alkyl carbamates (subject to hydrolysis) is 1. The van der Waals surface area contributed by atoms with Gasteiger partial charge in [-0.2, -0.15) is 5.26 Å². The number of rotatable bonds is 4. The molecule has 0 spiro atoms. The summed E-state index contributed by atoms with van der Waals surface area (Å²) < 4.78 is 11.1. The first-order valence-electron chi connectivity index (χ1n) is 16.0. The number of ketones is 2. The molecule has 1 amide bonds. The van der Waals surface area contributed by atoms with Crippen LogP contribution in [0.1, 0.15) is 99.8 Å². The Kier molecular flexibility index (Phi) is 7.75. The largest absolute Gasteiger partial charge is 0.464 e. The first kappa shape index (κ1) is 31.5. The first-order valence-corrected chi connectivity index (χ1v) is 16.0. The Balaban J connectivity index is 1.41. The zero-order valence-electron chi connectivity index (χ0n) is 26.9. The molecule has 5 aliphatic rings. The maximum atomic E-state index is 14.3. The number of hydrogen-bond acceptors (Lipinski definition) is 7. The quantitative estimate of drug-likeness (QED) is 0.383.